The Labute approximate surface area is 99.0 Å². The number of esters is 1. The van der Waals surface area contributed by atoms with Crippen LogP contribution in [0, 0.1) is 11.3 Å². The molecule has 5 nitrogen and oxygen atoms in total. The van der Waals surface area contributed by atoms with Crippen LogP contribution in [0.3, 0.4) is 0 Å². The summed E-state index contributed by atoms with van der Waals surface area (Å²) in [6.45, 7) is 1.30. The van der Waals surface area contributed by atoms with Crippen LogP contribution in [-0.4, -0.2) is 18.5 Å². The molecule has 1 aromatic carbocycles. The van der Waals surface area contributed by atoms with Crippen LogP contribution in [0.2, 0.25) is 0 Å². The highest BCUT2D eigenvalue weighted by Gasteiger charge is 2.08. The van der Waals surface area contributed by atoms with Gasteiger partial charge in [0.05, 0.1) is 11.3 Å². The second-order valence-electron chi connectivity index (χ2n) is 3.22. The van der Waals surface area contributed by atoms with E-state index in [2.05, 4.69) is 10.1 Å². The lowest BCUT2D eigenvalue weighted by Crippen LogP contribution is -2.20. The average Bonchev–Trinajstić information content (AvgIpc) is 2.36. The van der Waals surface area contributed by atoms with Crippen LogP contribution in [0.25, 0.3) is 0 Å². The summed E-state index contributed by atoms with van der Waals surface area (Å²) in [5.74, 6) is -0.900. The molecule has 0 atom stereocenters. The maximum absolute atomic E-state index is 11.4. The van der Waals surface area contributed by atoms with Crippen molar-refractivity contribution in [3.63, 3.8) is 0 Å². The van der Waals surface area contributed by atoms with Gasteiger partial charge in [-0.05, 0) is 12.1 Å². The van der Waals surface area contributed by atoms with Gasteiger partial charge in [0.2, 0.25) is 0 Å². The minimum atomic E-state index is -0.463. The minimum absolute atomic E-state index is 0.224. The van der Waals surface area contributed by atoms with Gasteiger partial charge in [0.15, 0.2) is 6.61 Å². The molecule has 0 saturated heterocycles. The summed E-state index contributed by atoms with van der Waals surface area (Å²) in [5, 5.41) is 11.3. The van der Waals surface area contributed by atoms with Gasteiger partial charge in [0, 0.05) is 6.42 Å². The van der Waals surface area contributed by atoms with E-state index in [1.165, 1.54) is 0 Å². The number of para-hydroxylation sites is 1. The van der Waals surface area contributed by atoms with Crippen molar-refractivity contribution in [2.24, 2.45) is 0 Å². The van der Waals surface area contributed by atoms with Crippen molar-refractivity contribution in [3.8, 4) is 6.07 Å². The first-order valence-corrected chi connectivity index (χ1v) is 5.12. The van der Waals surface area contributed by atoms with Gasteiger partial charge in [0.25, 0.3) is 5.91 Å². The molecule has 0 fully saturated rings. The molecule has 0 radical (unpaired) electrons. The number of hydrogen-bond donors (Lipinski definition) is 1. The van der Waals surface area contributed by atoms with Crippen molar-refractivity contribution in [1.29, 1.82) is 5.26 Å². The fourth-order valence-electron chi connectivity index (χ4n) is 1.12. The summed E-state index contributed by atoms with van der Waals surface area (Å²) >= 11 is 0. The second-order valence-corrected chi connectivity index (χ2v) is 3.22. The molecule has 5 heteroatoms. The van der Waals surface area contributed by atoms with E-state index in [0.29, 0.717) is 11.3 Å². The third-order valence-corrected chi connectivity index (χ3v) is 1.97. The molecule has 0 aliphatic rings. The van der Waals surface area contributed by atoms with Crippen molar-refractivity contribution in [3.05, 3.63) is 29.8 Å². The van der Waals surface area contributed by atoms with Crippen molar-refractivity contribution in [2.45, 2.75) is 13.3 Å². The summed E-state index contributed by atoms with van der Waals surface area (Å²) in [6, 6.07) is 8.56. The maximum atomic E-state index is 11.4. The number of nitrogens with one attached hydrogen (secondary N) is 1. The summed E-state index contributed by atoms with van der Waals surface area (Å²) in [6.07, 6.45) is 0.224. The van der Waals surface area contributed by atoms with Gasteiger partial charge in [-0.2, -0.15) is 5.26 Å². The molecule has 0 aliphatic carbocycles. The van der Waals surface area contributed by atoms with E-state index in [0.717, 1.165) is 0 Å². The summed E-state index contributed by atoms with van der Waals surface area (Å²) in [5.41, 5.74) is 0.773. The molecule has 1 N–H and O–H groups in total. The topological polar surface area (TPSA) is 79.2 Å². The van der Waals surface area contributed by atoms with Crippen LogP contribution >= 0.6 is 0 Å². The molecule has 1 aromatic rings. The van der Waals surface area contributed by atoms with Gasteiger partial charge in [0.1, 0.15) is 6.07 Å². The number of benzene rings is 1. The van der Waals surface area contributed by atoms with Crippen LogP contribution < -0.4 is 5.32 Å². The highest BCUT2D eigenvalue weighted by molar-refractivity contribution is 5.93. The Hall–Kier alpha value is -2.35. The zero-order valence-electron chi connectivity index (χ0n) is 9.40. The van der Waals surface area contributed by atoms with E-state index in [9.17, 15) is 9.59 Å². The number of amides is 1. The quantitative estimate of drug-likeness (QED) is 0.797. The van der Waals surface area contributed by atoms with Gasteiger partial charge in [-0.15, -0.1) is 0 Å². The highest BCUT2D eigenvalue weighted by Crippen LogP contribution is 2.13. The molecule has 0 aliphatic heterocycles. The Morgan fingerprint density at radius 1 is 1.41 bits per heavy atom. The van der Waals surface area contributed by atoms with Gasteiger partial charge < -0.3 is 10.1 Å². The molecule has 0 saturated carbocycles. The van der Waals surface area contributed by atoms with Crippen LogP contribution in [0.15, 0.2) is 24.3 Å². The molecule has 0 heterocycles. The Morgan fingerprint density at radius 3 is 2.76 bits per heavy atom. The summed E-state index contributed by atoms with van der Waals surface area (Å²) in [7, 11) is 0. The maximum Gasteiger partial charge on any atom is 0.306 e. The number of nitriles is 1. The predicted molar refractivity (Wildman–Crippen MR) is 61.0 cm³/mol. The van der Waals surface area contributed by atoms with Crippen LogP contribution in [-0.2, 0) is 14.3 Å². The Morgan fingerprint density at radius 2 is 2.12 bits per heavy atom. The molecule has 0 unspecified atom stereocenters. The number of anilines is 1. The molecule has 17 heavy (non-hydrogen) atoms. The van der Waals surface area contributed by atoms with E-state index in [1.807, 2.05) is 6.07 Å². The number of carbonyl (C=O) groups excluding carboxylic acids is 2. The fraction of sp³-hybridized carbons (Fsp3) is 0.250. The van der Waals surface area contributed by atoms with Crippen molar-refractivity contribution < 1.29 is 14.3 Å². The third kappa shape index (κ3) is 3.95. The lowest BCUT2D eigenvalue weighted by Gasteiger charge is -2.06. The zero-order valence-corrected chi connectivity index (χ0v) is 9.40. The minimum Gasteiger partial charge on any atom is -0.456 e. The first-order valence-electron chi connectivity index (χ1n) is 5.12. The first-order chi connectivity index (χ1) is 8.17. The van der Waals surface area contributed by atoms with Crippen LogP contribution in [0.5, 0.6) is 0 Å². The molecule has 0 bridgehead atoms. The number of ether oxygens (including phenoxy) is 1. The molecular weight excluding hydrogens is 220 g/mol. The molecule has 1 amide bonds. The number of carbonyl (C=O) groups is 2. The lowest BCUT2D eigenvalue weighted by atomic mass is 10.2. The molecule has 0 spiro atoms. The molecule has 0 aromatic heterocycles. The van der Waals surface area contributed by atoms with Gasteiger partial charge in [-0.25, -0.2) is 0 Å². The van der Waals surface area contributed by atoms with E-state index in [1.54, 1.807) is 31.2 Å². The zero-order chi connectivity index (χ0) is 12.7. The van der Waals surface area contributed by atoms with Crippen LogP contribution in [0.4, 0.5) is 5.69 Å². The van der Waals surface area contributed by atoms with Gasteiger partial charge in [-0.1, -0.05) is 19.1 Å². The standard InChI is InChI=1S/C12H12N2O3/c1-2-12(16)17-8-11(15)14-10-6-4-3-5-9(10)7-13/h3-6H,2,8H2,1H3,(H,14,15). The predicted octanol–water partition coefficient (Wildman–Crippen LogP) is 1.45. The monoisotopic (exact) mass is 232 g/mol. The van der Waals surface area contributed by atoms with E-state index in [4.69, 9.17) is 5.26 Å². The van der Waals surface area contributed by atoms with Gasteiger partial charge >= 0.3 is 5.97 Å². The molecular formula is C12H12N2O3. The summed E-state index contributed by atoms with van der Waals surface area (Å²) < 4.78 is 4.66. The highest BCUT2D eigenvalue weighted by atomic mass is 16.5. The van der Waals surface area contributed by atoms with Crippen LogP contribution in [0.1, 0.15) is 18.9 Å². The number of hydrogen-bond acceptors (Lipinski definition) is 4. The Kier molecular flexibility index (Phi) is 4.70. The van der Waals surface area contributed by atoms with E-state index in [-0.39, 0.29) is 13.0 Å². The smallest absolute Gasteiger partial charge is 0.306 e. The molecule has 88 valence electrons. The fourth-order valence-corrected chi connectivity index (χ4v) is 1.12. The van der Waals surface area contributed by atoms with E-state index < -0.39 is 11.9 Å². The summed E-state index contributed by atoms with van der Waals surface area (Å²) in [4.78, 5) is 22.2. The van der Waals surface area contributed by atoms with Crippen molar-refractivity contribution >= 4 is 17.6 Å². The number of nitrogens with zero attached hydrogens (tertiary/aromatic N) is 1. The Balaban J connectivity index is 2.57. The van der Waals surface area contributed by atoms with E-state index >= 15 is 0 Å². The number of rotatable bonds is 4. The largest absolute Gasteiger partial charge is 0.456 e. The van der Waals surface area contributed by atoms with Gasteiger partial charge in [-0.3, -0.25) is 9.59 Å². The SMILES string of the molecule is CCC(=O)OCC(=O)Nc1ccccc1C#N. The lowest BCUT2D eigenvalue weighted by molar-refractivity contribution is -0.146. The van der Waals surface area contributed by atoms with Crippen molar-refractivity contribution in [1.82, 2.24) is 0 Å². The second kappa shape index (κ2) is 6.28. The average molecular weight is 232 g/mol. The molecule has 1 rings (SSSR count). The Bertz CT molecular complexity index is 463. The third-order valence-electron chi connectivity index (χ3n) is 1.97. The van der Waals surface area contributed by atoms with Crippen molar-refractivity contribution in [2.75, 3.05) is 11.9 Å². The first kappa shape index (κ1) is 12.7. The normalized spacial score (nSPS) is 9.18.